The normalized spacial score (nSPS) is 12.7. The Hall–Kier alpha value is -0.750. The van der Waals surface area contributed by atoms with Crippen LogP contribution in [0.2, 0.25) is 0 Å². The number of nitrogens with zero attached hydrogens (tertiary/aromatic N) is 2. The van der Waals surface area contributed by atoms with Crippen LogP contribution in [0.25, 0.3) is 11.5 Å². The third-order valence-electron chi connectivity index (χ3n) is 2.24. The maximum Gasteiger partial charge on any atom is 0.251 e. The summed E-state index contributed by atoms with van der Waals surface area (Å²) in [6.07, 6.45) is 0.820. The Bertz CT molecular complexity index is 510. The van der Waals surface area contributed by atoms with Crippen molar-refractivity contribution in [1.29, 1.82) is 0 Å². The van der Waals surface area contributed by atoms with Gasteiger partial charge in [0, 0.05) is 4.47 Å². The molecule has 1 atom stereocenters. The molecular weight excluding hydrogens is 355 g/mol. The first-order valence-electron chi connectivity index (χ1n) is 5.05. The second-order valence-corrected chi connectivity index (χ2v) is 5.38. The molecule has 0 saturated heterocycles. The first kappa shape index (κ1) is 12.7. The Morgan fingerprint density at radius 2 is 2.18 bits per heavy atom. The molecule has 0 N–H and O–H groups in total. The zero-order valence-electron chi connectivity index (χ0n) is 8.95. The van der Waals surface area contributed by atoms with Crippen molar-refractivity contribution in [3.8, 4) is 11.5 Å². The number of alkyl halides is 1. The highest BCUT2D eigenvalue weighted by Gasteiger charge is 2.18. The Balaban J connectivity index is 2.44. The minimum Gasteiger partial charge on any atom is -0.419 e. The standard InChI is InChI=1S/C11H9Br2FN2O/c1-2-6(12)10-15-16-11(17-10)9-7(13)4-3-5-8(9)14/h3-6H,2H2,1H3. The minimum atomic E-state index is -0.391. The van der Waals surface area contributed by atoms with Gasteiger partial charge in [0.1, 0.15) is 5.82 Å². The Kier molecular flexibility index (Phi) is 3.93. The number of rotatable bonds is 3. The van der Waals surface area contributed by atoms with E-state index in [0.717, 1.165) is 6.42 Å². The molecule has 0 spiro atoms. The van der Waals surface area contributed by atoms with E-state index in [1.165, 1.54) is 6.07 Å². The lowest BCUT2D eigenvalue weighted by molar-refractivity contribution is 0.496. The van der Waals surface area contributed by atoms with E-state index in [2.05, 4.69) is 42.1 Å². The van der Waals surface area contributed by atoms with Crippen LogP contribution in [0.15, 0.2) is 27.1 Å². The van der Waals surface area contributed by atoms with E-state index in [4.69, 9.17) is 4.42 Å². The topological polar surface area (TPSA) is 38.9 Å². The largest absolute Gasteiger partial charge is 0.419 e. The predicted molar refractivity (Wildman–Crippen MR) is 69.4 cm³/mol. The van der Waals surface area contributed by atoms with Crippen LogP contribution in [0.1, 0.15) is 24.1 Å². The van der Waals surface area contributed by atoms with Crippen molar-refractivity contribution in [2.24, 2.45) is 0 Å². The van der Waals surface area contributed by atoms with E-state index >= 15 is 0 Å². The average Bonchev–Trinajstić information content (AvgIpc) is 2.77. The maximum atomic E-state index is 13.7. The summed E-state index contributed by atoms with van der Waals surface area (Å²) < 4.78 is 19.7. The molecule has 0 radical (unpaired) electrons. The van der Waals surface area contributed by atoms with Gasteiger partial charge in [0.05, 0.1) is 10.4 Å². The van der Waals surface area contributed by atoms with Gasteiger partial charge in [0.15, 0.2) is 0 Å². The molecule has 1 aromatic heterocycles. The molecule has 0 aliphatic rings. The average molecular weight is 364 g/mol. The Morgan fingerprint density at radius 1 is 1.41 bits per heavy atom. The molecule has 2 aromatic rings. The smallest absolute Gasteiger partial charge is 0.251 e. The first-order valence-corrected chi connectivity index (χ1v) is 6.76. The number of aromatic nitrogens is 2. The molecule has 1 aromatic carbocycles. The van der Waals surface area contributed by atoms with E-state index in [9.17, 15) is 4.39 Å². The summed E-state index contributed by atoms with van der Waals surface area (Å²) in [6.45, 7) is 1.99. The summed E-state index contributed by atoms with van der Waals surface area (Å²) in [5.74, 6) is 0.248. The van der Waals surface area contributed by atoms with Gasteiger partial charge in [-0.3, -0.25) is 0 Å². The summed E-state index contributed by atoms with van der Waals surface area (Å²) >= 11 is 6.67. The molecule has 6 heteroatoms. The highest BCUT2D eigenvalue weighted by atomic mass is 79.9. The van der Waals surface area contributed by atoms with Gasteiger partial charge < -0.3 is 4.42 Å². The van der Waals surface area contributed by atoms with Gasteiger partial charge in [-0.25, -0.2) is 4.39 Å². The highest BCUT2D eigenvalue weighted by molar-refractivity contribution is 9.10. The number of hydrogen-bond acceptors (Lipinski definition) is 3. The monoisotopic (exact) mass is 362 g/mol. The van der Waals surface area contributed by atoms with Crippen LogP contribution in [0.4, 0.5) is 4.39 Å². The molecule has 17 heavy (non-hydrogen) atoms. The summed E-state index contributed by atoms with van der Waals surface area (Å²) in [5, 5.41) is 7.75. The zero-order chi connectivity index (χ0) is 12.4. The van der Waals surface area contributed by atoms with Crippen molar-refractivity contribution in [3.05, 3.63) is 34.4 Å². The second-order valence-electron chi connectivity index (χ2n) is 3.42. The van der Waals surface area contributed by atoms with Crippen molar-refractivity contribution >= 4 is 31.9 Å². The summed E-state index contributed by atoms with van der Waals surface area (Å²) in [4.78, 5) is -0.00528. The van der Waals surface area contributed by atoms with Crippen molar-refractivity contribution < 1.29 is 8.81 Å². The van der Waals surface area contributed by atoms with Gasteiger partial charge in [-0.2, -0.15) is 0 Å². The third-order valence-corrected chi connectivity index (χ3v) is 3.94. The van der Waals surface area contributed by atoms with Crippen LogP contribution in [-0.2, 0) is 0 Å². The van der Waals surface area contributed by atoms with Crippen LogP contribution < -0.4 is 0 Å². The van der Waals surface area contributed by atoms with E-state index in [-0.39, 0.29) is 10.7 Å². The Labute approximate surface area is 115 Å². The number of benzene rings is 1. The number of halogens is 3. The predicted octanol–water partition coefficient (Wildman–Crippen LogP) is 4.48. The van der Waals surface area contributed by atoms with Crippen LogP contribution in [0.3, 0.4) is 0 Å². The molecule has 0 aliphatic carbocycles. The van der Waals surface area contributed by atoms with E-state index < -0.39 is 5.82 Å². The SMILES string of the molecule is CCC(Br)c1nnc(-c2c(F)cccc2Br)o1. The summed E-state index contributed by atoms with van der Waals surface area (Å²) in [6, 6.07) is 4.70. The molecule has 3 nitrogen and oxygen atoms in total. The Morgan fingerprint density at radius 3 is 2.82 bits per heavy atom. The molecule has 0 fully saturated rings. The summed E-state index contributed by atoms with van der Waals surface area (Å²) in [5.41, 5.74) is 0.294. The maximum absolute atomic E-state index is 13.7. The van der Waals surface area contributed by atoms with Gasteiger partial charge in [0.2, 0.25) is 5.89 Å². The van der Waals surface area contributed by atoms with Gasteiger partial charge in [-0.1, -0.05) is 28.9 Å². The summed E-state index contributed by atoms with van der Waals surface area (Å²) in [7, 11) is 0. The molecule has 0 bridgehead atoms. The van der Waals surface area contributed by atoms with Crippen molar-refractivity contribution in [3.63, 3.8) is 0 Å². The van der Waals surface area contributed by atoms with E-state index in [1.54, 1.807) is 12.1 Å². The van der Waals surface area contributed by atoms with Crippen molar-refractivity contribution in [2.45, 2.75) is 18.2 Å². The fourth-order valence-electron chi connectivity index (χ4n) is 1.34. The van der Waals surface area contributed by atoms with Gasteiger partial charge in [-0.15, -0.1) is 10.2 Å². The zero-order valence-corrected chi connectivity index (χ0v) is 12.1. The van der Waals surface area contributed by atoms with E-state index in [0.29, 0.717) is 15.9 Å². The van der Waals surface area contributed by atoms with Crippen LogP contribution >= 0.6 is 31.9 Å². The molecule has 0 aliphatic heterocycles. The van der Waals surface area contributed by atoms with Crippen LogP contribution in [-0.4, -0.2) is 10.2 Å². The molecule has 2 rings (SSSR count). The van der Waals surface area contributed by atoms with E-state index in [1.807, 2.05) is 6.92 Å². The van der Waals surface area contributed by atoms with Crippen LogP contribution in [0, 0.1) is 5.82 Å². The molecule has 90 valence electrons. The molecule has 1 unspecified atom stereocenters. The van der Waals surface area contributed by atoms with Gasteiger partial charge in [-0.05, 0) is 34.5 Å². The minimum absolute atomic E-state index is 0.00528. The van der Waals surface area contributed by atoms with Gasteiger partial charge in [0.25, 0.3) is 5.89 Å². The molecule has 1 heterocycles. The lowest BCUT2D eigenvalue weighted by atomic mass is 10.2. The quantitative estimate of drug-likeness (QED) is 0.754. The second kappa shape index (κ2) is 5.27. The molecule has 0 amide bonds. The lowest BCUT2D eigenvalue weighted by Gasteiger charge is -2.01. The first-order chi connectivity index (χ1) is 8.13. The fourth-order valence-corrected chi connectivity index (χ4v) is 2.04. The molecule has 0 saturated carbocycles. The highest BCUT2D eigenvalue weighted by Crippen LogP contribution is 2.32. The van der Waals surface area contributed by atoms with Crippen molar-refractivity contribution in [2.75, 3.05) is 0 Å². The lowest BCUT2D eigenvalue weighted by Crippen LogP contribution is -1.86. The molecular formula is C11H9Br2FN2O. The van der Waals surface area contributed by atoms with Gasteiger partial charge >= 0.3 is 0 Å². The van der Waals surface area contributed by atoms with Crippen molar-refractivity contribution in [1.82, 2.24) is 10.2 Å². The van der Waals surface area contributed by atoms with Crippen LogP contribution in [0.5, 0.6) is 0 Å². The fraction of sp³-hybridized carbons (Fsp3) is 0.273. The third kappa shape index (κ3) is 2.57. The number of hydrogen-bond donors (Lipinski definition) is 0.